The first-order chi connectivity index (χ1) is 8.61. The standard InChI is InChI=1S/C13H17BrN2O2/c1-15-12-4-2-3-9(12)7-10-5-6-11(14)8-13(10)16(17)18/h5-6,8-9,12,15H,2-4,7H2,1H3. The smallest absolute Gasteiger partial charge is 0.273 e. The molecule has 1 aliphatic carbocycles. The molecule has 0 bridgehead atoms. The van der Waals surface area contributed by atoms with Gasteiger partial charge >= 0.3 is 0 Å². The second-order valence-electron chi connectivity index (χ2n) is 4.82. The molecule has 1 saturated carbocycles. The summed E-state index contributed by atoms with van der Waals surface area (Å²) in [5.41, 5.74) is 1.07. The second-order valence-corrected chi connectivity index (χ2v) is 5.74. The van der Waals surface area contributed by atoms with Crippen LogP contribution < -0.4 is 5.32 Å². The number of nitrogens with one attached hydrogen (secondary N) is 1. The van der Waals surface area contributed by atoms with Gasteiger partial charge in [-0.25, -0.2) is 0 Å². The molecule has 0 aliphatic heterocycles. The Bertz CT molecular complexity index is 451. The first kappa shape index (κ1) is 13.5. The molecule has 1 N–H and O–H groups in total. The fourth-order valence-electron chi connectivity index (χ4n) is 2.82. The van der Waals surface area contributed by atoms with Crippen molar-refractivity contribution in [2.75, 3.05) is 7.05 Å². The van der Waals surface area contributed by atoms with Crippen molar-refractivity contribution < 1.29 is 4.92 Å². The van der Waals surface area contributed by atoms with Crippen LogP contribution in [0, 0.1) is 16.0 Å². The number of nitro groups is 1. The van der Waals surface area contributed by atoms with Crippen molar-refractivity contribution in [3.63, 3.8) is 0 Å². The zero-order valence-corrected chi connectivity index (χ0v) is 11.9. The number of benzene rings is 1. The molecule has 0 radical (unpaired) electrons. The van der Waals surface area contributed by atoms with Crippen molar-refractivity contribution in [1.82, 2.24) is 5.32 Å². The van der Waals surface area contributed by atoms with Gasteiger partial charge in [0.25, 0.3) is 5.69 Å². The van der Waals surface area contributed by atoms with Gasteiger partial charge in [0.1, 0.15) is 0 Å². The summed E-state index contributed by atoms with van der Waals surface area (Å²) in [6, 6.07) is 5.84. The van der Waals surface area contributed by atoms with Crippen LogP contribution in [0.2, 0.25) is 0 Å². The topological polar surface area (TPSA) is 55.2 Å². The van der Waals surface area contributed by atoms with E-state index in [4.69, 9.17) is 0 Å². The Hall–Kier alpha value is -0.940. The molecule has 0 heterocycles. The lowest BCUT2D eigenvalue weighted by atomic mass is 9.94. The normalized spacial score (nSPS) is 23.2. The summed E-state index contributed by atoms with van der Waals surface area (Å²) in [5.74, 6) is 0.509. The third kappa shape index (κ3) is 2.90. The maximum atomic E-state index is 11.1. The predicted octanol–water partition coefficient (Wildman–Crippen LogP) is 3.29. The van der Waals surface area contributed by atoms with Crippen LogP contribution in [0.5, 0.6) is 0 Å². The molecule has 4 nitrogen and oxygen atoms in total. The van der Waals surface area contributed by atoms with Gasteiger partial charge in [-0.2, -0.15) is 0 Å². The van der Waals surface area contributed by atoms with Crippen LogP contribution in [0.4, 0.5) is 5.69 Å². The summed E-state index contributed by atoms with van der Waals surface area (Å²) in [4.78, 5) is 10.8. The maximum Gasteiger partial charge on any atom is 0.273 e. The number of hydrogen-bond donors (Lipinski definition) is 1. The largest absolute Gasteiger partial charge is 0.317 e. The van der Waals surface area contributed by atoms with E-state index < -0.39 is 0 Å². The minimum absolute atomic E-state index is 0.228. The lowest BCUT2D eigenvalue weighted by molar-refractivity contribution is -0.385. The lowest BCUT2D eigenvalue weighted by Gasteiger charge is -2.18. The number of halogens is 1. The Morgan fingerprint density at radius 2 is 2.28 bits per heavy atom. The molecule has 98 valence electrons. The summed E-state index contributed by atoms with van der Waals surface area (Å²) < 4.78 is 0.759. The molecule has 2 unspecified atom stereocenters. The molecular weight excluding hydrogens is 296 g/mol. The summed E-state index contributed by atoms with van der Waals surface area (Å²) >= 11 is 3.29. The molecule has 1 aromatic rings. The quantitative estimate of drug-likeness (QED) is 0.685. The zero-order valence-electron chi connectivity index (χ0n) is 10.4. The first-order valence-electron chi connectivity index (χ1n) is 6.22. The molecule has 0 spiro atoms. The molecule has 0 saturated heterocycles. The van der Waals surface area contributed by atoms with Crippen molar-refractivity contribution in [2.45, 2.75) is 31.7 Å². The van der Waals surface area contributed by atoms with Crippen LogP contribution in [0.15, 0.2) is 22.7 Å². The number of rotatable bonds is 4. The van der Waals surface area contributed by atoms with Gasteiger partial charge in [0.15, 0.2) is 0 Å². The van der Waals surface area contributed by atoms with Crippen LogP contribution in [0.25, 0.3) is 0 Å². The Kier molecular flexibility index (Phi) is 4.35. The lowest BCUT2D eigenvalue weighted by Crippen LogP contribution is -2.30. The van der Waals surface area contributed by atoms with Gasteiger partial charge in [-0.15, -0.1) is 0 Å². The summed E-state index contributed by atoms with van der Waals surface area (Å²) in [6.45, 7) is 0. The second kappa shape index (κ2) is 5.80. The highest BCUT2D eigenvalue weighted by atomic mass is 79.9. The van der Waals surface area contributed by atoms with Gasteiger partial charge in [0, 0.05) is 22.1 Å². The minimum atomic E-state index is -0.288. The van der Waals surface area contributed by atoms with Gasteiger partial charge < -0.3 is 5.32 Å². The van der Waals surface area contributed by atoms with Crippen molar-refractivity contribution in [2.24, 2.45) is 5.92 Å². The monoisotopic (exact) mass is 312 g/mol. The highest BCUT2D eigenvalue weighted by molar-refractivity contribution is 9.10. The third-order valence-electron chi connectivity index (χ3n) is 3.76. The maximum absolute atomic E-state index is 11.1. The van der Waals surface area contributed by atoms with E-state index in [-0.39, 0.29) is 10.6 Å². The van der Waals surface area contributed by atoms with Gasteiger partial charge in [0.05, 0.1) is 4.92 Å². The average Bonchev–Trinajstić information content (AvgIpc) is 2.78. The summed E-state index contributed by atoms with van der Waals surface area (Å²) in [6.07, 6.45) is 4.32. The van der Waals surface area contributed by atoms with Crippen LogP contribution in [-0.2, 0) is 6.42 Å². The molecule has 1 aliphatic rings. The van der Waals surface area contributed by atoms with Crippen molar-refractivity contribution >= 4 is 21.6 Å². The molecule has 0 amide bonds. The number of nitrogens with zero attached hydrogens (tertiary/aromatic N) is 1. The first-order valence-corrected chi connectivity index (χ1v) is 7.01. The zero-order chi connectivity index (χ0) is 13.1. The van der Waals surface area contributed by atoms with E-state index in [1.165, 1.54) is 12.8 Å². The van der Waals surface area contributed by atoms with Crippen LogP contribution in [-0.4, -0.2) is 18.0 Å². The van der Waals surface area contributed by atoms with Crippen LogP contribution in [0.3, 0.4) is 0 Å². The Labute approximate surface area is 115 Å². The highest BCUT2D eigenvalue weighted by Crippen LogP contribution is 2.32. The average molecular weight is 313 g/mol. The molecule has 1 aromatic carbocycles. The van der Waals surface area contributed by atoms with Gasteiger partial charge in [0.2, 0.25) is 0 Å². The Morgan fingerprint density at radius 1 is 1.50 bits per heavy atom. The van der Waals surface area contributed by atoms with E-state index >= 15 is 0 Å². The SMILES string of the molecule is CNC1CCCC1Cc1ccc(Br)cc1[N+](=O)[O-]. The minimum Gasteiger partial charge on any atom is -0.317 e. The molecular formula is C13H17BrN2O2. The predicted molar refractivity (Wildman–Crippen MR) is 74.7 cm³/mol. The van der Waals surface area contributed by atoms with E-state index in [1.54, 1.807) is 6.07 Å². The fraction of sp³-hybridized carbons (Fsp3) is 0.538. The molecule has 0 aromatic heterocycles. The van der Waals surface area contributed by atoms with Gasteiger partial charge in [-0.05, 0) is 38.3 Å². The molecule has 18 heavy (non-hydrogen) atoms. The van der Waals surface area contributed by atoms with E-state index in [1.807, 2.05) is 19.2 Å². The summed E-state index contributed by atoms with van der Waals surface area (Å²) in [7, 11) is 1.97. The molecule has 2 rings (SSSR count). The van der Waals surface area contributed by atoms with E-state index in [9.17, 15) is 10.1 Å². The summed E-state index contributed by atoms with van der Waals surface area (Å²) in [5, 5.41) is 14.4. The van der Waals surface area contributed by atoms with Gasteiger partial charge in [-0.3, -0.25) is 10.1 Å². The molecule has 5 heteroatoms. The highest BCUT2D eigenvalue weighted by Gasteiger charge is 2.28. The molecule has 2 atom stereocenters. The van der Waals surface area contributed by atoms with Crippen molar-refractivity contribution in [3.8, 4) is 0 Å². The number of hydrogen-bond acceptors (Lipinski definition) is 3. The third-order valence-corrected chi connectivity index (χ3v) is 4.25. The Balaban J connectivity index is 2.20. The number of nitro benzene ring substituents is 1. The van der Waals surface area contributed by atoms with E-state index in [0.29, 0.717) is 12.0 Å². The van der Waals surface area contributed by atoms with Crippen molar-refractivity contribution in [1.29, 1.82) is 0 Å². The van der Waals surface area contributed by atoms with E-state index in [2.05, 4.69) is 21.2 Å². The van der Waals surface area contributed by atoms with Crippen LogP contribution >= 0.6 is 15.9 Å². The molecule has 1 fully saturated rings. The van der Waals surface area contributed by atoms with Gasteiger partial charge in [-0.1, -0.05) is 28.4 Å². The van der Waals surface area contributed by atoms with E-state index in [0.717, 1.165) is 22.9 Å². The van der Waals surface area contributed by atoms with Crippen LogP contribution in [0.1, 0.15) is 24.8 Å². The Morgan fingerprint density at radius 3 is 2.94 bits per heavy atom. The fourth-order valence-corrected chi connectivity index (χ4v) is 3.17. The van der Waals surface area contributed by atoms with Crippen molar-refractivity contribution in [3.05, 3.63) is 38.3 Å².